The predicted molar refractivity (Wildman–Crippen MR) is 143 cm³/mol. The van der Waals surface area contributed by atoms with Gasteiger partial charge in [0.1, 0.15) is 5.75 Å². The molecule has 0 saturated carbocycles. The quantitative estimate of drug-likeness (QED) is 0.161. The van der Waals surface area contributed by atoms with Crippen molar-refractivity contribution in [3.8, 4) is 27.4 Å². The normalized spacial score (nSPS) is 11.4. The summed E-state index contributed by atoms with van der Waals surface area (Å²) in [7, 11) is 0. The van der Waals surface area contributed by atoms with Gasteiger partial charge >= 0.3 is 0 Å². The minimum Gasteiger partial charge on any atom is -0.494 e. The topological polar surface area (TPSA) is 89.7 Å². The van der Waals surface area contributed by atoms with Gasteiger partial charge in [0.25, 0.3) is 5.69 Å². The van der Waals surface area contributed by atoms with Crippen molar-refractivity contribution < 1.29 is 9.66 Å². The van der Waals surface area contributed by atoms with Crippen LogP contribution in [0.15, 0.2) is 71.8 Å². The third-order valence-corrected chi connectivity index (χ3v) is 6.52. The highest BCUT2D eigenvalue weighted by molar-refractivity contribution is 7.19. The molecule has 1 aromatic heterocycles. The molecule has 35 heavy (non-hydrogen) atoms. The standard InChI is InChI=1S/C27H26N4O3S/c1-5-34-23-13-9-20(10-14-23)19(4)29-30-27-28-25(24-15-6-17(2)16-18(24)3)26(35-27)21-7-11-22(12-8-21)31(32)33/h6-16H,5H2,1-4H3,(H,28,30)/b29-19-. The van der Waals surface area contributed by atoms with Crippen LogP contribution in [0.2, 0.25) is 0 Å². The number of nitro benzene ring substituents is 1. The van der Waals surface area contributed by atoms with Gasteiger partial charge in [0.15, 0.2) is 0 Å². The molecular formula is C27H26N4O3S. The van der Waals surface area contributed by atoms with Crippen molar-refractivity contribution in [2.75, 3.05) is 12.0 Å². The largest absolute Gasteiger partial charge is 0.494 e. The van der Waals surface area contributed by atoms with Crippen LogP contribution in [0.1, 0.15) is 30.5 Å². The first kappa shape index (κ1) is 24.1. The molecule has 178 valence electrons. The van der Waals surface area contributed by atoms with E-state index in [0.717, 1.165) is 44.3 Å². The lowest BCUT2D eigenvalue weighted by molar-refractivity contribution is -0.384. The number of ether oxygens (including phenoxy) is 1. The summed E-state index contributed by atoms with van der Waals surface area (Å²) in [5.41, 5.74) is 9.92. The third-order valence-electron chi connectivity index (χ3n) is 5.51. The summed E-state index contributed by atoms with van der Waals surface area (Å²) in [6.45, 7) is 8.62. The smallest absolute Gasteiger partial charge is 0.269 e. The molecule has 7 nitrogen and oxygen atoms in total. The van der Waals surface area contributed by atoms with Crippen LogP contribution < -0.4 is 10.2 Å². The van der Waals surface area contributed by atoms with Crippen LogP contribution in [0.5, 0.6) is 5.75 Å². The van der Waals surface area contributed by atoms with Gasteiger partial charge in [-0.05, 0) is 80.8 Å². The first-order valence-corrected chi connectivity index (χ1v) is 12.0. The Labute approximate surface area is 208 Å². The van der Waals surface area contributed by atoms with Gasteiger partial charge in [-0.2, -0.15) is 5.10 Å². The predicted octanol–water partition coefficient (Wildman–Crippen LogP) is 7.24. The molecule has 0 spiro atoms. The molecule has 1 N–H and O–H groups in total. The molecular weight excluding hydrogens is 460 g/mol. The van der Waals surface area contributed by atoms with Gasteiger partial charge in [0, 0.05) is 17.7 Å². The van der Waals surface area contributed by atoms with Crippen molar-refractivity contribution >= 4 is 27.9 Å². The zero-order valence-electron chi connectivity index (χ0n) is 20.0. The Morgan fingerprint density at radius 1 is 1.09 bits per heavy atom. The van der Waals surface area contributed by atoms with Crippen molar-refractivity contribution in [3.63, 3.8) is 0 Å². The number of thiazole rings is 1. The average molecular weight is 487 g/mol. The molecule has 8 heteroatoms. The molecule has 0 atom stereocenters. The summed E-state index contributed by atoms with van der Waals surface area (Å²) in [5, 5.41) is 16.3. The monoisotopic (exact) mass is 486 g/mol. The van der Waals surface area contributed by atoms with Gasteiger partial charge in [-0.3, -0.25) is 15.5 Å². The second-order valence-corrected chi connectivity index (χ2v) is 9.08. The van der Waals surface area contributed by atoms with Gasteiger partial charge in [0.2, 0.25) is 5.13 Å². The Morgan fingerprint density at radius 3 is 2.43 bits per heavy atom. The summed E-state index contributed by atoms with van der Waals surface area (Å²) >= 11 is 1.46. The summed E-state index contributed by atoms with van der Waals surface area (Å²) < 4.78 is 5.51. The van der Waals surface area contributed by atoms with Crippen molar-refractivity contribution in [2.45, 2.75) is 27.7 Å². The maximum absolute atomic E-state index is 11.1. The van der Waals surface area contributed by atoms with Gasteiger partial charge in [-0.25, -0.2) is 4.98 Å². The lowest BCUT2D eigenvalue weighted by Crippen LogP contribution is -2.00. The SMILES string of the molecule is CCOc1ccc(/C(C)=N\Nc2nc(-c3ccc(C)cc3C)c(-c3ccc([N+](=O)[O-])cc3)s2)cc1. The van der Waals surface area contributed by atoms with E-state index in [1.807, 2.05) is 38.1 Å². The number of aromatic nitrogens is 1. The highest BCUT2D eigenvalue weighted by Crippen LogP contribution is 2.40. The lowest BCUT2D eigenvalue weighted by Gasteiger charge is -2.07. The molecule has 0 unspecified atom stereocenters. The number of nitrogens with one attached hydrogen (secondary N) is 1. The number of nitrogens with zero attached hydrogens (tertiary/aromatic N) is 3. The maximum Gasteiger partial charge on any atom is 0.269 e. The number of hydrazone groups is 1. The number of nitro groups is 1. The number of benzene rings is 3. The maximum atomic E-state index is 11.1. The van der Waals surface area contributed by atoms with Crippen LogP contribution in [0.4, 0.5) is 10.8 Å². The Balaban J connectivity index is 1.68. The Kier molecular flexibility index (Phi) is 7.22. The van der Waals surface area contributed by atoms with Crippen LogP contribution in [-0.4, -0.2) is 22.2 Å². The van der Waals surface area contributed by atoms with Crippen LogP contribution in [0.3, 0.4) is 0 Å². The van der Waals surface area contributed by atoms with E-state index in [9.17, 15) is 10.1 Å². The Bertz CT molecular complexity index is 1380. The van der Waals surface area contributed by atoms with Crippen LogP contribution >= 0.6 is 11.3 Å². The summed E-state index contributed by atoms with van der Waals surface area (Å²) in [4.78, 5) is 16.5. The van der Waals surface area contributed by atoms with Crippen LogP contribution in [0, 0.1) is 24.0 Å². The number of non-ortho nitro benzene ring substituents is 1. The Hall–Kier alpha value is -4.04. The van der Waals surface area contributed by atoms with Crippen molar-refractivity contribution in [1.29, 1.82) is 0 Å². The minimum atomic E-state index is -0.396. The number of hydrogen-bond donors (Lipinski definition) is 1. The van der Waals surface area contributed by atoms with Gasteiger partial charge < -0.3 is 4.74 Å². The van der Waals surface area contributed by atoms with Gasteiger partial charge in [-0.15, -0.1) is 0 Å². The molecule has 4 aromatic rings. The highest BCUT2D eigenvalue weighted by Gasteiger charge is 2.18. The first-order chi connectivity index (χ1) is 16.9. The summed E-state index contributed by atoms with van der Waals surface area (Å²) in [5.74, 6) is 0.822. The average Bonchev–Trinajstić information content (AvgIpc) is 3.27. The fraction of sp³-hybridized carbons (Fsp3) is 0.185. The van der Waals surface area contributed by atoms with E-state index < -0.39 is 4.92 Å². The fourth-order valence-corrected chi connectivity index (χ4v) is 4.64. The van der Waals surface area contributed by atoms with E-state index in [2.05, 4.69) is 42.6 Å². The van der Waals surface area contributed by atoms with E-state index >= 15 is 0 Å². The number of anilines is 1. The Morgan fingerprint density at radius 2 is 1.80 bits per heavy atom. The molecule has 0 saturated heterocycles. The molecule has 0 aliphatic rings. The second kappa shape index (κ2) is 10.5. The molecule has 0 amide bonds. The van der Waals surface area contributed by atoms with Crippen molar-refractivity contribution in [2.24, 2.45) is 5.10 Å². The first-order valence-electron chi connectivity index (χ1n) is 11.2. The van der Waals surface area contributed by atoms with Crippen molar-refractivity contribution in [1.82, 2.24) is 4.98 Å². The van der Waals surface area contributed by atoms with E-state index in [4.69, 9.17) is 9.72 Å². The number of aryl methyl sites for hydroxylation is 2. The molecule has 0 aliphatic carbocycles. The molecule has 4 rings (SSSR count). The summed E-state index contributed by atoms with van der Waals surface area (Å²) in [6.07, 6.45) is 0. The van der Waals surface area contributed by atoms with Gasteiger partial charge in [0.05, 0.1) is 27.8 Å². The van der Waals surface area contributed by atoms with Crippen LogP contribution in [0.25, 0.3) is 21.7 Å². The van der Waals surface area contributed by atoms with Crippen molar-refractivity contribution in [3.05, 3.63) is 93.5 Å². The molecule has 0 fully saturated rings. The van der Waals surface area contributed by atoms with E-state index in [-0.39, 0.29) is 5.69 Å². The fourth-order valence-electron chi connectivity index (χ4n) is 3.72. The number of rotatable bonds is 8. The molecule has 3 aromatic carbocycles. The van der Waals surface area contributed by atoms with Gasteiger partial charge in [-0.1, -0.05) is 35.1 Å². The molecule has 0 radical (unpaired) electrons. The zero-order chi connectivity index (χ0) is 24.9. The molecule has 0 aliphatic heterocycles. The second-order valence-electron chi connectivity index (χ2n) is 8.09. The van der Waals surface area contributed by atoms with E-state index in [1.165, 1.54) is 29.0 Å². The van der Waals surface area contributed by atoms with E-state index in [0.29, 0.717) is 11.7 Å². The molecule has 0 bridgehead atoms. The highest BCUT2D eigenvalue weighted by atomic mass is 32.1. The summed E-state index contributed by atoms with van der Waals surface area (Å²) in [6, 6.07) is 20.6. The van der Waals surface area contributed by atoms with Crippen LogP contribution in [-0.2, 0) is 0 Å². The third kappa shape index (κ3) is 5.55. The number of hydrogen-bond acceptors (Lipinski definition) is 7. The molecule has 1 heterocycles. The zero-order valence-corrected chi connectivity index (χ0v) is 20.8. The lowest BCUT2D eigenvalue weighted by atomic mass is 10.0. The minimum absolute atomic E-state index is 0.0558. The van der Waals surface area contributed by atoms with E-state index in [1.54, 1.807) is 12.1 Å².